The lowest BCUT2D eigenvalue weighted by molar-refractivity contribution is -0.384. The van der Waals surface area contributed by atoms with Crippen LogP contribution < -0.4 is 0 Å². The monoisotopic (exact) mass is 297 g/mol. The summed E-state index contributed by atoms with van der Waals surface area (Å²) in [5.74, 6) is -0.117. The Morgan fingerprint density at radius 2 is 1.64 bits per heavy atom. The molecule has 0 radical (unpaired) electrons. The molecule has 0 spiro atoms. The van der Waals surface area contributed by atoms with Crippen LogP contribution in [0.3, 0.4) is 0 Å². The number of non-ortho nitro benzene ring substituents is 1. The summed E-state index contributed by atoms with van der Waals surface area (Å²) in [6, 6.07) is 14.8. The SMILES string of the molecule is O=C1C=C(c2ccccc2)O[C@H](c2ccc([N+](=O)[O-])cc2)O1. The number of cyclic esters (lactones) is 1. The van der Waals surface area contributed by atoms with E-state index in [-0.39, 0.29) is 5.69 Å². The van der Waals surface area contributed by atoms with Gasteiger partial charge in [0.25, 0.3) is 12.0 Å². The highest BCUT2D eigenvalue weighted by Crippen LogP contribution is 2.31. The number of nitro benzene ring substituents is 1. The highest BCUT2D eigenvalue weighted by Gasteiger charge is 2.25. The molecule has 0 N–H and O–H groups in total. The summed E-state index contributed by atoms with van der Waals surface area (Å²) >= 11 is 0. The van der Waals surface area contributed by atoms with Crippen molar-refractivity contribution in [2.24, 2.45) is 0 Å². The number of hydrogen-bond donors (Lipinski definition) is 0. The van der Waals surface area contributed by atoms with Crippen LogP contribution in [0, 0.1) is 10.1 Å². The van der Waals surface area contributed by atoms with Crippen molar-refractivity contribution < 1.29 is 19.2 Å². The number of nitrogens with zero attached hydrogens (tertiary/aromatic N) is 1. The molecule has 0 fully saturated rings. The Labute approximate surface area is 125 Å². The zero-order valence-electron chi connectivity index (χ0n) is 11.3. The van der Waals surface area contributed by atoms with Gasteiger partial charge in [0.2, 0.25) is 0 Å². The third kappa shape index (κ3) is 2.80. The minimum absolute atomic E-state index is 0.0373. The van der Waals surface area contributed by atoms with Crippen LogP contribution in [0.15, 0.2) is 60.7 Å². The van der Waals surface area contributed by atoms with Gasteiger partial charge in [0, 0.05) is 23.3 Å². The fourth-order valence-corrected chi connectivity index (χ4v) is 2.06. The van der Waals surface area contributed by atoms with Crippen molar-refractivity contribution in [1.82, 2.24) is 0 Å². The largest absolute Gasteiger partial charge is 0.450 e. The molecule has 0 aromatic heterocycles. The Hall–Kier alpha value is -3.15. The number of carbonyl (C=O) groups is 1. The van der Waals surface area contributed by atoms with Crippen molar-refractivity contribution >= 4 is 17.4 Å². The Morgan fingerprint density at radius 1 is 0.955 bits per heavy atom. The van der Waals surface area contributed by atoms with Gasteiger partial charge in [-0.15, -0.1) is 0 Å². The van der Waals surface area contributed by atoms with E-state index in [2.05, 4.69) is 0 Å². The van der Waals surface area contributed by atoms with E-state index in [0.29, 0.717) is 11.3 Å². The molecule has 3 rings (SSSR count). The number of hydrogen-bond acceptors (Lipinski definition) is 5. The maximum Gasteiger partial charge on any atom is 0.337 e. The molecule has 2 aromatic carbocycles. The van der Waals surface area contributed by atoms with E-state index in [1.165, 1.54) is 30.3 Å². The van der Waals surface area contributed by atoms with Crippen LogP contribution in [0.5, 0.6) is 0 Å². The van der Waals surface area contributed by atoms with Gasteiger partial charge in [0.15, 0.2) is 0 Å². The molecule has 0 amide bonds. The first-order valence-electron chi connectivity index (χ1n) is 6.52. The molecule has 6 heteroatoms. The minimum atomic E-state index is -0.923. The first-order chi connectivity index (χ1) is 10.6. The van der Waals surface area contributed by atoms with Crippen molar-refractivity contribution in [3.8, 4) is 0 Å². The van der Waals surface area contributed by atoms with Crippen LogP contribution in [0.25, 0.3) is 5.76 Å². The predicted molar refractivity (Wildman–Crippen MR) is 77.4 cm³/mol. The lowest BCUT2D eigenvalue weighted by Crippen LogP contribution is -2.18. The summed E-state index contributed by atoms with van der Waals surface area (Å²) in [5.41, 5.74) is 1.25. The molecule has 0 aliphatic carbocycles. The third-order valence-corrected chi connectivity index (χ3v) is 3.14. The van der Waals surface area contributed by atoms with E-state index in [1.54, 1.807) is 0 Å². The number of ether oxygens (including phenoxy) is 2. The first kappa shape index (κ1) is 13.8. The second-order valence-electron chi connectivity index (χ2n) is 4.61. The molecular formula is C16H11NO5. The van der Waals surface area contributed by atoms with Crippen molar-refractivity contribution in [3.05, 3.63) is 81.9 Å². The summed E-state index contributed by atoms with van der Waals surface area (Å²) < 4.78 is 10.8. The van der Waals surface area contributed by atoms with Gasteiger partial charge in [-0.25, -0.2) is 4.79 Å². The predicted octanol–water partition coefficient (Wildman–Crippen LogP) is 3.21. The fourth-order valence-electron chi connectivity index (χ4n) is 2.06. The van der Waals surface area contributed by atoms with Gasteiger partial charge in [0.1, 0.15) is 5.76 Å². The summed E-state index contributed by atoms with van der Waals surface area (Å²) in [7, 11) is 0. The van der Waals surface area contributed by atoms with Gasteiger partial charge in [-0.05, 0) is 12.1 Å². The molecule has 1 heterocycles. The topological polar surface area (TPSA) is 78.7 Å². The average molecular weight is 297 g/mol. The summed E-state index contributed by atoms with van der Waals surface area (Å²) in [6.45, 7) is 0. The summed E-state index contributed by atoms with van der Waals surface area (Å²) in [5, 5.41) is 10.7. The van der Waals surface area contributed by atoms with E-state index in [1.807, 2.05) is 30.3 Å². The molecule has 1 aliphatic rings. The van der Waals surface area contributed by atoms with Crippen molar-refractivity contribution in [3.63, 3.8) is 0 Å². The van der Waals surface area contributed by atoms with Gasteiger partial charge in [0.05, 0.1) is 11.0 Å². The number of esters is 1. The standard InChI is InChI=1S/C16H11NO5/c18-15-10-14(11-4-2-1-3-5-11)21-16(22-15)12-6-8-13(9-7-12)17(19)20/h1-10,16H/t16-/m0/s1. The van der Waals surface area contributed by atoms with Gasteiger partial charge < -0.3 is 9.47 Å². The second kappa shape index (κ2) is 5.69. The number of rotatable bonds is 3. The highest BCUT2D eigenvalue weighted by molar-refractivity contribution is 5.91. The van der Waals surface area contributed by atoms with Crippen LogP contribution in [0.1, 0.15) is 17.4 Å². The van der Waals surface area contributed by atoms with Crippen LogP contribution in [-0.2, 0) is 14.3 Å². The van der Waals surface area contributed by atoms with E-state index in [0.717, 1.165) is 5.56 Å². The summed E-state index contributed by atoms with van der Waals surface area (Å²) in [6.07, 6.45) is 0.352. The molecule has 1 aliphatic heterocycles. The smallest absolute Gasteiger partial charge is 0.337 e. The molecule has 1 atom stereocenters. The normalized spacial score (nSPS) is 17.2. The van der Waals surface area contributed by atoms with E-state index < -0.39 is 17.2 Å². The molecule has 110 valence electrons. The van der Waals surface area contributed by atoms with E-state index >= 15 is 0 Å². The van der Waals surface area contributed by atoms with Crippen LogP contribution in [0.2, 0.25) is 0 Å². The molecule has 6 nitrogen and oxygen atoms in total. The molecule has 0 bridgehead atoms. The highest BCUT2D eigenvalue weighted by atomic mass is 16.7. The van der Waals surface area contributed by atoms with Gasteiger partial charge in [-0.1, -0.05) is 30.3 Å². The zero-order chi connectivity index (χ0) is 15.5. The van der Waals surface area contributed by atoms with E-state index in [9.17, 15) is 14.9 Å². The zero-order valence-corrected chi connectivity index (χ0v) is 11.3. The Morgan fingerprint density at radius 3 is 2.27 bits per heavy atom. The first-order valence-corrected chi connectivity index (χ1v) is 6.52. The maximum atomic E-state index is 11.7. The van der Waals surface area contributed by atoms with Gasteiger partial charge >= 0.3 is 5.97 Å². The second-order valence-corrected chi connectivity index (χ2v) is 4.61. The van der Waals surface area contributed by atoms with Gasteiger partial charge in [-0.3, -0.25) is 10.1 Å². The molecule has 0 unspecified atom stereocenters. The molecular weight excluding hydrogens is 286 g/mol. The number of nitro groups is 1. The maximum absolute atomic E-state index is 11.7. The summed E-state index contributed by atoms with van der Waals surface area (Å²) in [4.78, 5) is 21.9. The lowest BCUT2D eigenvalue weighted by atomic mass is 10.1. The molecule has 22 heavy (non-hydrogen) atoms. The van der Waals surface area contributed by atoms with Crippen molar-refractivity contribution in [1.29, 1.82) is 0 Å². The van der Waals surface area contributed by atoms with Crippen LogP contribution in [0.4, 0.5) is 5.69 Å². The lowest BCUT2D eigenvalue weighted by Gasteiger charge is -2.24. The fraction of sp³-hybridized carbons (Fsp3) is 0.0625. The van der Waals surface area contributed by atoms with Crippen LogP contribution >= 0.6 is 0 Å². The van der Waals surface area contributed by atoms with E-state index in [4.69, 9.17) is 9.47 Å². The number of carbonyl (C=O) groups excluding carboxylic acids is 1. The Balaban J connectivity index is 1.86. The molecule has 0 saturated heterocycles. The Kier molecular flexibility index (Phi) is 3.57. The quantitative estimate of drug-likeness (QED) is 0.494. The van der Waals surface area contributed by atoms with Gasteiger partial charge in [-0.2, -0.15) is 0 Å². The minimum Gasteiger partial charge on any atom is -0.450 e. The van der Waals surface area contributed by atoms with Crippen molar-refractivity contribution in [2.75, 3.05) is 0 Å². The molecule has 0 saturated carbocycles. The Bertz CT molecular complexity index is 737. The molecule has 2 aromatic rings. The third-order valence-electron chi connectivity index (χ3n) is 3.14. The van der Waals surface area contributed by atoms with Crippen LogP contribution in [-0.4, -0.2) is 10.9 Å². The average Bonchev–Trinajstić information content (AvgIpc) is 2.55. The van der Waals surface area contributed by atoms with Crippen molar-refractivity contribution in [2.45, 2.75) is 6.29 Å². The number of benzene rings is 2.